The minimum atomic E-state index is 0.0895. The van der Waals surface area contributed by atoms with Crippen molar-refractivity contribution >= 4 is 15.9 Å². The van der Waals surface area contributed by atoms with Crippen molar-refractivity contribution in [1.82, 2.24) is 0 Å². The fourth-order valence-electron chi connectivity index (χ4n) is 1.80. The number of alkyl halides is 1. The van der Waals surface area contributed by atoms with Crippen LogP contribution in [0.2, 0.25) is 0 Å². The molecule has 0 fully saturated rings. The lowest BCUT2D eigenvalue weighted by molar-refractivity contribution is 0.00580. The Morgan fingerprint density at radius 2 is 2.12 bits per heavy atom. The van der Waals surface area contributed by atoms with Crippen LogP contribution in [0.5, 0.6) is 5.75 Å². The van der Waals surface area contributed by atoms with Gasteiger partial charge in [-0.1, -0.05) is 41.4 Å². The van der Waals surface area contributed by atoms with Crippen molar-refractivity contribution in [2.45, 2.75) is 38.9 Å². The van der Waals surface area contributed by atoms with E-state index < -0.39 is 0 Å². The van der Waals surface area contributed by atoms with Crippen LogP contribution in [0.3, 0.4) is 0 Å². The topological polar surface area (TPSA) is 18.5 Å². The Balaban J connectivity index is 2.71. The number of rotatable bonds is 7. The maximum absolute atomic E-state index is 6.02. The summed E-state index contributed by atoms with van der Waals surface area (Å²) in [6, 6.07) is 8.06. The Labute approximate surface area is 112 Å². The van der Waals surface area contributed by atoms with Gasteiger partial charge in [0.25, 0.3) is 0 Å². The second-order valence-corrected chi connectivity index (χ2v) is 4.80. The Kier molecular flexibility index (Phi) is 6.60. The van der Waals surface area contributed by atoms with Gasteiger partial charge in [0.15, 0.2) is 0 Å². The molecule has 0 saturated carbocycles. The van der Waals surface area contributed by atoms with E-state index in [4.69, 9.17) is 9.47 Å². The zero-order chi connectivity index (χ0) is 12.7. The highest BCUT2D eigenvalue weighted by Crippen LogP contribution is 2.25. The van der Waals surface area contributed by atoms with E-state index in [-0.39, 0.29) is 12.2 Å². The highest BCUT2D eigenvalue weighted by Gasteiger charge is 2.14. The van der Waals surface area contributed by atoms with Crippen LogP contribution in [0.15, 0.2) is 24.3 Å². The van der Waals surface area contributed by atoms with E-state index in [1.807, 2.05) is 18.2 Å². The maximum atomic E-state index is 6.02. The predicted molar refractivity (Wildman–Crippen MR) is 75.0 cm³/mol. The molecule has 2 nitrogen and oxygen atoms in total. The number of ether oxygens (including phenoxy) is 2. The number of hydrogen-bond acceptors (Lipinski definition) is 2. The molecule has 0 bridgehead atoms. The summed E-state index contributed by atoms with van der Waals surface area (Å²) in [5, 5.41) is 0.800. The summed E-state index contributed by atoms with van der Waals surface area (Å²) in [4.78, 5) is 0. The molecule has 96 valence electrons. The van der Waals surface area contributed by atoms with E-state index >= 15 is 0 Å². The molecule has 0 saturated heterocycles. The number of benzene rings is 1. The van der Waals surface area contributed by atoms with Crippen LogP contribution in [-0.2, 0) is 4.74 Å². The number of methoxy groups -OCH3 is 1. The van der Waals surface area contributed by atoms with Crippen molar-refractivity contribution in [1.29, 1.82) is 0 Å². The molecule has 1 rings (SSSR count). The predicted octanol–water partition coefficient (Wildman–Crippen LogP) is 4.34. The fraction of sp³-hybridized carbons (Fsp3) is 0.571. The second-order valence-electron chi connectivity index (χ2n) is 4.15. The van der Waals surface area contributed by atoms with E-state index in [0.29, 0.717) is 0 Å². The molecule has 2 atom stereocenters. The van der Waals surface area contributed by atoms with Gasteiger partial charge in [0, 0.05) is 5.33 Å². The largest absolute Gasteiger partial charge is 0.497 e. The van der Waals surface area contributed by atoms with Crippen LogP contribution in [0.25, 0.3) is 0 Å². The third kappa shape index (κ3) is 4.68. The molecular formula is C14H21BrO2. The summed E-state index contributed by atoms with van der Waals surface area (Å²) in [6.07, 6.45) is 2.61. The Morgan fingerprint density at radius 3 is 2.71 bits per heavy atom. The lowest BCUT2D eigenvalue weighted by atomic mass is 10.1. The Morgan fingerprint density at radius 1 is 1.35 bits per heavy atom. The van der Waals surface area contributed by atoms with Gasteiger partial charge in [-0.3, -0.25) is 0 Å². The molecule has 0 heterocycles. The SMILES string of the molecule is CCCC(C)OC(CBr)c1cccc(OC)c1. The molecule has 0 N–H and O–H groups in total. The van der Waals surface area contributed by atoms with Gasteiger partial charge < -0.3 is 9.47 Å². The third-order valence-electron chi connectivity index (χ3n) is 2.70. The van der Waals surface area contributed by atoms with Crippen molar-refractivity contribution < 1.29 is 9.47 Å². The minimum Gasteiger partial charge on any atom is -0.497 e. The fourth-order valence-corrected chi connectivity index (χ4v) is 2.33. The molecule has 0 amide bonds. The molecule has 0 aromatic heterocycles. The first kappa shape index (κ1) is 14.5. The lowest BCUT2D eigenvalue weighted by Crippen LogP contribution is -2.14. The normalized spacial score (nSPS) is 14.4. The second kappa shape index (κ2) is 7.72. The zero-order valence-electron chi connectivity index (χ0n) is 10.8. The van der Waals surface area contributed by atoms with Crippen molar-refractivity contribution in [3.05, 3.63) is 29.8 Å². The van der Waals surface area contributed by atoms with Crippen molar-refractivity contribution in [3.63, 3.8) is 0 Å². The molecule has 0 radical (unpaired) electrons. The zero-order valence-corrected chi connectivity index (χ0v) is 12.4. The van der Waals surface area contributed by atoms with E-state index in [9.17, 15) is 0 Å². The maximum Gasteiger partial charge on any atom is 0.119 e. The van der Waals surface area contributed by atoms with Gasteiger partial charge in [-0.2, -0.15) is 0 Å². The first-order valence-corrected chi connectivity index (χ1v) is 7.18. The first-order chi connectivity index (χ1) is 8.21. The van der Waals surface area contributed by atoms with Crippen molar-refractivity contribution in [3.8, 4) is 5.75 Å². The quantitative estimate of drug-likeness (QED) is 0.698. The van der Waals surface area contributed by atoms with Crippen LogP contribution in [0.1, 0.15) is 38.4 Å². The van der Waals surface area contributed by atoms with E-state index in [1.165, 1.54) is 0 Å². The molecule has 0 aliphatic rings. The van der Waals surface area contributed by atoms with E-state index in [2.05, 4.69) is 35.8 Å². The molecule has 17 heavy (non-hydrogen) atoms. The molecular weight excluding hydrogens is 280 g/mol. The monoisotopic (exact) mass is 300 g/mol. The molecule has 3 heteroatoms. The summed E-state index contributed by atoms with van der Waals surface area (Å²) in [5.41, 5.74) is 1.16. The van der Waals surface area contributed by atoms with E-state index in [0.717, 1.165) is 29.5 Å². The van der Waals surface area contributed by atoms with Crippen molar-refractivity contribution in [2.75, 3.05) is 12.4 Å². The standard InChI is InChI=1S/C14H21BrO2/c1-4-6-11(2)17-14(10-15)12-7-5-8-13(9-12)16-3/h5,7-9,11,14H,4,6,10H2,1-3H3. The summed E-state index contributed by atoms with van der Waals surface area (Å²) >= 11 is 3.51. The highest BCUT2D eigenvalue weighted by atomic mass is 79.9. The lowest BCUT2D eigenvalue weighted by Gasteiger charge is -2.21. The summed E-state index contributed by atoms with van der Waals surface area (Å²) in [6.45, 7) is 4.30. The number of halogens is 1. The van der Waals surface area contributed by atoms with Gasteiger partial charge in [-0.05, 0) is 31.0 Å². The average molecular weight is 301 g/mol. The van der Waals surface area contributed by atoms with Gasteiger partial charge in [-0.15, -0.1) is 0 Å². The Hall–Kier alpha value is -0.540. The molecule has 1 aromatic rings. The van der Waals surface area contributed by atoms with Crippen LogP contribution in [0, 0.1) is 0 Å². The molecule has 1 aromatic carbocycles. The highest BCUT2D eigenvalue weighted by molar-refractivity contribution is 9.09. The van der Waals surface area contributed by atoms with Gasteiger partial charge in [-0.25, -0.2) is 0 Å². The summed E-state index contributed by atoms with van der Waals surface area (Å²) in [5.74, 6) is 0.875. The van der Waals surface area contributed by atoms with Gasteiger partial charge in [0.05, 0.1) is 19.3 Å². The van der Waals surface area contributed by atoms with Crippen LogP contribution < -0.4 is 4.74 Å². The van der Waals surface area contributed by atoms with Crippen LogP contribution >= 0.6 is 15.9 Å². The summed E-state index contributed by atoms with van der Waals surface area (Å²) < 4.78 is 11.3. The smallest absolute Gasteiger partial charge is 0.119 e. The third-order valence-corrected chi connectivity index (χ3v) is 3.29. The van der Waals surface area contributed by atoms with Gasteiger partial charge >= 0.3 is 0 Å². The van der Waals surface area contributed by atoms with Crippen LogP contribution in [0.4, 0.5) is 0 Å². The Bertz CT molecular complexity index is 328. The summed E-state index contributed by atoms with van der Waals surface area (Å²) in [7, 11) is 1.68. The molecule has 0 aliphatic carbocycles. The molecule has 2 unspecified atom stereocenters. The van der Waals surface area contributed by atoms with Crippen LogP contribution in [-0.4, -0.2) is 18.5 Å². The van der Waals surface area contributed by atoms with Crippen molar-refractivity contribution in [2.24, 2.45) is 0 Å². The van der Waals surface area contributed by atoms with Gasteiger partial charge in [0.1, 0.15) is 5.75 Å². The minimum absolute atomic E-state index is 0.0895. The number of hydrogen-bond donors (Lipinski definition) is 0. The van der Waals surface area contributed by atoms with Gasteiger partial charge in [0.2, 0.25) is 0 Å². The van der Waals surface area contributed by atoms with E-state index in [1.54, 1.807) is 7.11 Å². The first-order valence-electron chi connectivity index (χ1n) is 6.06. The average Bonchev–Trinajstić information content (AvgIpc) is 2.36. The molecule has 0 spiro atoms. The molecule has 0 aliphatic heterocycles.